The summed E-state index contributed by atoms with van der Waals surface area (Å²) in [6.45, 7) is 7.92. The highest BCUT2D eigenvalue weighted by molar-refractivity contribution is 5.66. The Labute approximate surface area is 183 Å². The van der Waals surface area contributed by atoms with Crippen molar-refractivity contribution >= 4 is 5.97 Å². The zero-order valence-corrected chi connectivity index (χ0v) is 18.0. The second-order valence-electron chi connectivity index (χ2n) is 7.43. The predicted octanol–water partition coefficient (Wildman–Crippen LogP) is 4.04. The summed E-state index contributed by atoms with van der Waals surface area (Å²) in [5.41, 5.74) is 2.01. The minimum absolute atomic E-state index is 0.283. The predicted molar refractivity (Wildman–Crippen MR) is 116 cm³/mol. The summed E-state index contributed by atoms with van der Waals surface area (Å²) in [6, 6.07) is 19.6. The van der Waals surface area contributed by atoms with Gasteiger partial charge in [0.05, 0.1) is 25.9 Å². The van der Waals surface area contributed by atoms with Gasteiger partial charge in [-0.25, -0.2) is 0 Å². The quantitative estimate of drug-likeness (QED) is 0.422. The van der Waals surface area contributed by atoms with Crippen LogP contribution in [-0.4, -0.2) is 43.3 Å². The van der Waals surface area contributed by atoms with Crippen LogP contribution in [0.15, 0.2) is 73.3 Å². The van der Waals surface area contributed by atoms with E-state index in [0.717, 1.165) is 11.1 Å². The Kier molecular flexibility index (Phi) is 8.79. The number of benzene rings is 2. The smallest absolute Gasteiger partial charge is 0.303 e. The Balaban J connectivity index is 1.80. The van der Waals surface area contributed by atoms with Crippen LogP contribution < -0.4 is 0 Å². The minimum Gasteiger partial charge on any atom is -0.457 e. The Morgan fingerprint density at radius 1 is 0.903 bits per heavy atom. The minimum atomic E-state index is -0.724. The van der Waals surface area contributed by atoms with Crippen molar-refractivity contribution in [3.63, 3.8) is 0 Å². The van der Waals surface area contributed by atoms with E-state index in [9.17, 15) is 4.79 Å². The molecule has 1 aliphatic rings. The zero-order valence-electron chi connectivity index (χ0n) is 18.0. The number of esters is 1. The summed E-state index contributed by atoms with van der Waals surface area (Å²) >= 11 is 0. The number of rotatable bonds is 10. The molecule has 2 aromatic rings. The first kappa shape index (κ1) is 23.2. The van der Waals surface area contributed by atoms with E-state index in [0.29, 0.717) is 13.2 Å². The van der Waals surface area contributed by atoms with E-state index < -0.39 is 30.6 Å². The SMILES string of the molecule is C=CCO[C@H]1O[C@H](C)[C@@H](OCc2ccccc2)[C@H](OC(C)=O)[C@@H]1OCc1ccccc1. The van der Waals surface area contributed by atoms with Crippen LogP contribution in [-0.2, 0) is 41.7 Å². The van der Waals surface area contributed by atoms with Crippen LogP contribution in [0.3, 0.4) is 0 Å². The molecule has 6 nitrogen and oxygen atoms in total. The average Bonchev–Trinajstić information content (AvgIpc) is 2.77. The molecule has 3 rings (SSSR count). The Hall–Kier alpha value is -2.51. The van der Waals surface area contributed by atoms with Gasteiger partial charge < -0.3 is 23.7 Å². The van der Waals surface area contributed by atoms with Crippen LogP contribution in [0.1, 0.15) is 25.0 Å². The topological polar surface area (TPSA) is 63.2 Å². The van der Waals surface area contributed by atoms with Crippen LogP contribution >= 0.6 is 0 Å². The first-order valence-electron chi connectivity index (χ1n) is 10.4. The molecule has 31 heavy (non-hydrogen) atoms. The summed E-state index contributed by atoms with van der Waals surface area (Å²) in [4.78, 5) is 11.9. The summed E-state index contributed by atoms with van der Waals surface area (Å²) in [7, 11) is 0. The fraction of sp³-hybridized carbons (Fsp3) is 0.400. The van der Waals surface area contributed by atoms with Crippen molar-refractivity contribution in [1.82, 2.24) is 0 Å². The second-order valence-corrected chi connectivity index (χ2v) is 7.43. The van der Waals surface area contributed by atoms with Gasteiger partial charge in [0.2, 0.25) is 0 Å². The molecule has 0 aliphatic carbocycles. The third-order valence-electron chi connectivity index (χ3n) is 4.98. The molecule has 0 unspecified atom stereocenters. The second kappa shape index (κ2) is 11.8. The van der Waals surface area contributed by atoms with Crippen molar-refractivity contribution < 1.29 is 28.5 Å². The van der Waals surface area contributed by atoms with Crippen molar-refractivity contribution in [3.8, 4) is 0 Å². The maximum Gasteiger partial charge on any atom is 0.303 e. The molecule has 1 saturated heterocycles. The molecule has 1 aliphatic heterocycles. The maximum absolute atomic E-state index is 11.9. The molecule has 2 aromatic carbocycles. The molecule has 0 spiro atoms. The highest BCUT2D eigenvalue weighted by Gasteiger charge is 2.48. The van der Waals surface area contributed by atoms with E-state index in [1.54, 1.807) is 6.08 Å². The summed E-state index contributed by atoms with van der Waals surface area (Å²) in [5, 5.41) is 0. The van der Waals surface area contributed by atoms with Gasteiger partial charge in [0, 0.05) is 6.92 Å². The monoisotopic (exact) mass is 426 g/mol. The average molecular weight is 427 g/mol. The van der Waals surface area contributed by atoms with E-state index >= 15 is 0 Å². The van der Waals surface area contributed by atoms with Gasteiger partial charge in [0.15, 0.2) is 12.4 Å². The molecule has 1 heterocycles. The molecular weight excluding hydrogens is 396 g/mol. The van der Waals surface area contributed by atoms with Gasteiger partial charge in [-0.2, -0.15) is 0 Å². The lowest BCUT2D eigenvalue weighted by Crippen LogP contribution is -2.60. The normalized spacial score (nSPS) is 25.7. The largest absolute Gasteiger partial charge is 0.457 e. The molecule has 0 aromatic heterocycles. The summed E-state index contributed by atoms with van der Waals surface area (Å²) in [5.74, 6) is -0.414. The first-order chi connectivity index (χ1) is 15.1. The Morgan fingerprint density at radius 3 is 1.97 bits per heavy atom. The van der Waals surface area contributed by atoms with Crippen molar-refractivity contribution in [2.45, 2.75) is 57.8 Å². The van der Waals surface area contributed by atoms with E-state index in [1.165, 1.54) is 6.92 Å². The third kappa shape index (κ3) is 6.74. The van der Waals surface area contributed by atoms with Gasteiger partial charge in [-0.05, 0) is 18.1 Å². The van der Waals surface area contributed by atoms with E-state index in [2.05, 4.69) is 6.58 Å². The molecule has 5 atom stereocenters. The fourth-order valence-corrected chi connectivity index (χ4v) is 3.54. The first-order valence-corrected chi connectivity index (χ1v) is 10.4. The lowest BCUT2D eigenvalue weighted by Gasteiger charge is -2.44. The molecular formula is C25H30O6. The van der Waals surface area contributed by atoms with Gasteiger partial charge >= 0.3 is 5.97 Å². The summed E-state index contributed by atoms with van der Waals surface area (Å²) < 4.78 is 30.0. The van der Waals surface area contributed by atoms with Gasteiger partial charge in [0.25, 0.3) is 0 Å². The van der Waals surface area contributed by atoms with Crippen molar-refractivity contribution in [3.05, 3.63) is 84.4 Å². The molecule has 0 bridgehead atoms. The van der Waals surface area contributed by atoms with Crippen LogP contribution in [0.5, 0.6) is 0 Å². The number of ether oxygens (including phenoxy) is 5. The van der Waals surface area contributed by atoms with Gasteiger partial charge in [-0.3, -0.25) is 4.79 Å². The highest BCUT2D eigenvalue weighted by atomic mass is 16.7. The van der Waals surface area contributed by atoms with E-state index in [-0.39, 0.29) is 12.7 Å². The lowest BCUT2D eigenvalue weighted by atomic mass is 9.98. The highest BCUT2D eigenvalue weighted by Crippen LogP contribution is 2.30. The van der Waals surface area contributed by atoms with Gasteiger partial charge in [0.1, 0.15) is 12.2 Å². The standard InChI is InChI=1S/C25H30O6/c1-4-15-27-25-24(29-17-21-13-9-6-10-14-21)23(31-19(3)26)22(18(2)30-25)28-16-20-11-7-5-8-12-20/h4-14,18,22-25H,1,15-17H2,2-3H3/t18-,22-,23+,24+,25+/m1/s1. The molecule has 1 fully saturated rings. The zero-order chi connectivity index (χ0) is 22.1. The molecule has 0 saturated carbocycles. The Morgan fingerprint density at radius 2 is 1.45 bits per heavy atom. The Bertz CT molecular complexity index is 809. The molecule has 0 amide bonds. The number of hydrogen-bond donors (Lipinski definition) is 0. The van der Waals surface area contributed by atoms with Crippen molar-refractivity contribution in [2.75, 3.05) is 6.61 Å². The molecule has 0 N–H and O–H groups in total. The lowest BCUT2D eigenvalue weighted by molar-refractivity contribution is -0.311. The van der Waals surface area contributed by atoms with Crippen LogP contribution in [0.25, 0.3) is 0 Å². The van der Waals surface area contributed by atoms with E-state index in [1.807, 2.05) is 67.6 Å². The molecule has 166 valence electrons. The number of carbonyl (C=O) groups excluding carboxylic acids is 1. The maximum atomic E-state index is 11.9. The van der Waals surface area contributed by atoms with Crippen molar-refractivity contribution in [1.29, 1.82) is 0 Å². The van der Waals surface area contributed by atoms with E-state index in [4.69, 9.17) is 23.7 Å². The van der Waals surface area contributed by atoms with Gasteiger partial charge in [-0.1, -0.05) is 66.7 Å². The molecule has 0 radical (unpaired) electrons. The fourth-order valence-electron chi connectivity index (χ4n) is 3.54. The van der Waals surface area contributed by atoms with Crippen LogP contribution in [0.4, 0.5) is 0 Å². The van der Waals surface area contributed by atoms with Crippen molar-refractivity contribution in [2.24, 2.45) is 0 Å². The van der Waals surface area contributed by atoms with Crippen LogP contribution in [0, 0.1) is 0 Å². The third-order valence-corrected chi connectivity index (χ3v) is 4.98. The molecule has 6 heteroatoms. The van der Waals surface area contributed by atoms with Gasteiger partial charge in [-0.15, -0.1) is 6.58 Å². The van der Waals surface area contributed by atoms with Crippen LogP contribution in [0.2, 0.25) is 0 Å². The number of carbonyl (C=O) groups is 1. The number of hydrogen-bond acceptors (Lipinski definition) is 6. The summed E-state index contributed by atoms with van der Waals surface area (Å²) in [6.07, 6.45) is -1.34.